The Bertz CT molecular complexity index is 1610. The fourth-order valence-corrected chi connectivity index (χ4v) is 7.19. The highest BCUT2D eigenvalue weighted by molar-refractivity contribution is 7.13. The van der Waals surface area contributed by atoms with E-state index in [1.54, 1.807) is 24.6 Å². The van der Waals surface area contributed by atoms with Crippen LogP contribution in [0.3, 0.4) is 0 Å². The van der Waals surface area contributed by atoms with Crippen molar-refractivity contribution in [1.29, 1.82) is 0 Å². The predicted molar refractivity (Wildman–Crippen MR) is 192 cm³/mol. The molecule has 1 fully saturated rings. The Labute approximate surface area is 302 Å². The molecule has 0 saturated carbocycles. The number of aliphatic hydroxyl groups excluding tert-OH is 1. The first-order valence-electron chi connectivity index (χ1n) is 17.5. The van der Waals surface area contributed by atoms with Gasteiger partial charge in [-0.1, -0.05) is 37.3 Å². The molecule has 51 heavy (non-hydrogen) atoms. The summed E-state index contributed by atoms with van der Waals surface area (Å²) in [5.74, 6) is -1.53. The minimum Gasteiger partial charge on any atom is -0.491 e. The van der Waals surface area contributed by atoms with Crippen molar-refractivity contribution in [2.24, 2.45) is 11.7 Å². The van der Waals surface area contributed by atoms with Crippen LogP contribution in [0.25, 0.3) is 10.4 Å². The van der Waals surface area contributed by atoms with Gasteiger partial charge in [0.2, 0.25) is 11.8 Å². The third-order valence-corrected chi connectivity index (χ3v) is 10.2. The molecule has 3 unspecified atom stereocenters. The minimum atomic E-state index is -1.10. The van der Waals surface area contributed by atoms with E-state index in [1.165, 1.54) is 16.2 Å². The number of rotatable bonds is 20. The molecule has 1 saturated heterocycles. The van der Waals surface area contributed by atoms with E-state index in [2.05, 4.69) is 15.6 Å². The number of hydrogen-bond acceptors (Lipinski definition) is 12. The number of nitrogens with zero attached hydrogens (tertiary/aromatic N) is 2. The highest BCUT2D eigenvalue weighted by Crippen LogP contribution is 2.34. The zero-order chi connectivity index (χ0) is 36.2. The Morgan fingerprint density at radius 3 is 2.47 bits per heavy atom. The lowest BCUT2D eigenvalue weighted by Gasteiger charge is -2.34. The Kier molecular flexibility index (Phi) is 14.5. The van der Waals surface area contributed by atoms with Gasteiger partial charge in [0.15, 0.2) is 0 Å². The Hall–Kier alpha value is -3.76. The van der Waals surface area contributed by atoms with Gasteiger partial charge in [0.05, 0.1) is 67.9 Å². The highest BCUT2D eigenvalue weighted by atomic mass is 32.1. The minimum absolute atomic E-state index is 0.135. The van der Waals surface area contributed by atoms with Gasteiger partial charge in [0.1, 0.15) is 18.4 Å². The van der Waals surface area contributed by atoms with Gasteiger partial charge < -0.3 is 40.0 Å². The van der Waals surface area contributed by atoms with Crippen molar-refractivity contribution in [3.8, 4) is 16.2 Å². The van der Waals surface area contributed by atoms with E-state index in [0.29, 0.717) is 70.5 Å². The molecule has 3 amide bonds. The molecular formula is C37H49N5O8S. The van der Waals surface area contributed by atoms with Crippen LogP contribution < -0.4 is 21.1 Å². The summed E-state index contributed by atoms with van der Waals surface area (Å²) in [5.41, 5.74) is 11.1. The summed E-state index contributed by atoms with van der Waals surface area (Å²) in [5, 5.41) is 17.4. The van der Waals surface area contributed by atoms with Gasteiger partial charge in [-0.15, -0.1) is 11.3 Å². The molecule has 0 spiro atoms. The van der Waals surface area contributed by atoms with Crippen molar-refractivity contribution in [3.63, 3.8) is 0 Å². The number of aliphatic hydroxyl groups is 1. The molecule has 4 atom stereocenters. The average molecular weight is 724 g/mol. The molecular weight excluding hydrogens is 675 g/mol. The van der Waals surface area contributed by atoms with E-state index in [1.807, 2.05) is 37.3 Å². The maximum atomic E-state index is 13.9. The summed E-state index contributed by atoms with van der Waals surface area (Å²) in [6.45, 7) is 7.88. The lowest BCUT2D eigenvalue weighted by molar-refractivity contribution is -0.136. The average Bonchev–Trinajstić information content (AvgIpc) is 3.89. The first kappa shape index (κ1) is 38.5. The Morgan fingerprint density at radius 2 is 1.80 bits per heavy atom. The second-order valence-electron chi connectivity index (χ2n) is 12.7. The van der Waals surface area contributed by atoms with Crippen LogP contribution in [0.2, 0.25) is 0 Å². The number of benzene rings is 2. The molecule has 0 radical (unpaired) electrons. The van der Waals surface area contributed by atoms with Crippen molar-refractivity contribution in [2.45, 2.75) is 57.8 Å². The van der Waals surface area contributed by atoms with Crippen LogP contribution in [-0.2, 0) is 36.8 Å². The molecule has 276 valence electrons. The number of fused-ring (bicyclic) bond motifs is 1. The summed E-state index contributed by atoms with van der Waals surface area (Å²) in [6, 6.07) is 11.4. The molecule has 0 bridgehead atoms. The number of amides is 3. The van der Waals surface area contributed by atoms with Crippen molar-refractivity contribution in [3.05, 3.63) is 70.4 Å². The molecule has 0 aliphatic carbocycles. The number of imide groups is 1. The van der Waals surface area contributed by atoms with Gasteiger partial charge in [-0.2, -0.15) is 0 Å². The first-order valence-corrected chi connectivity index (χ1v) is 18.4. The number of nitrogens with one attached hydrogen (secondary N) is 2. The van der Waals surface area contributed by atoms with Crippen LogP contribution in [0.4, 0.5) is 0 Å². The SMILES string of the molecule is Cc1ncsc1-c1ccc(CC(O)C(C)C(C(=O)NC(=O)[C@@H]2CCCN2)N2Cc3ccccc3C2=O)c(OCCOCCOCCOCCN)c1. The molecule has 2 aliphatic rings. The quantitative estimate of drug-likeness (QED) is 0.126. The van der Waals surface area contributed by atoms with Gasteiger partial charge in [-0.25, -0.2) is 4.98 Å². The fourth-order valence-electron chi connectivity index (χ4n) is 6.39. The number of nitrogens with two attached hydrogens (primary N) is 1. The van der Waals surface area contributed by atoms with Crippen molar-refractivity contribution in [1.82, 2.24) is 20.5 Å². The normalized spacial score (nSPS) is 17.3. The molecule has 5 N–H and O–H groups in total. The zero-order valence-corrected chi connectivity index (χ0v) is 30.1. The van der Waals surface area contributed by atoms with E-state index in [9.17, 15) is 19.5 Å². The van der Waals surface area contributed by atoms with Gasteiger partial charge in [-0.05, 0) is 55.1 Å². The fraction of sp³-hybridized carbons (Fsp3) is 0.514. The number of ether oxygens (including phenoxy) is 4. The highest BCUT2D eigenvalue weighted by Gasteiger charge is 2.42. The number of aryl methyl sites for hydroxylation is 1. The largest absolute Gasteiger partial charge is 0.491 e. The molecule has 2 aliphatic heterocycles. The molecule has 13 nitrogen and oxygen atoms in total. The number of hydrogen-bond donors (Lipinski definition) is 4. The van der Waals surface area contributed by atoms with Crippen LogP contribution in [0, 0.1) is 12.8 Å². The smallest absolute Gasteiger partial charge is 0.255 e. The van der Waals surface area contributed by atoms with Crippen molar-refractivity contribution >= 4 is 29.1 Å². The first-order chi connectivity index (χ1) is 24.8. The van der Waals surface area contributed by atoms with Crippen molar-refractivity contribution < 1.29 is 38.4 Å². The lowest BCUT2D eigenvalue weighted by Crippen LogP contribution is -2.56. The van der Waals surface area contributed by atoms with Crippen LogP contribution in [0.5, 0.6) is 5.75 Å². The van der Waals surface area contributed by atoms with Crippen LogP contribution in [0.15, 0.2) is 48.0 Å². The van der Waals surface area contributed by atoms with Gasteiger partial charge in [0, 0.05) is 31.0 Å². The summed E-state index contributed by atoms with van der Waals surface area (Å²) in [7, 11) is 0. The monoisotopic (exact) mass is 723 g/mol. The van der Waals surface area contributed by atoms with E-state index in [-0.39, 0.29) is 25.5 Å². The number of carbonyl (C=O) groups excluding carboxylic acids is 3. The van der Waals surface area contributed by atoms with Crippen LogP contribution in [-0.4, -0.2) is 110 Å². The lowest BCUT2D eigenvalue weighted by atomic mass is 9.89. The van der Waals surface area contributed by atoms with Crippen LogP contribution in [0.1, 0.15) is 46.9 Å². The Balaban J connectivity index is 1.28. The summed E-state index contributed by atoms with van der Waals surface area (Å²) in [4.78, 5) is 47.3. The molecule has 3 heterocycles. The summed E-state index contributed by atoms with van der Waals surface area (Å²) in [6.07, 6.45) is 0.524. The Morgan fingerprint density at radius 1 is 1.08 bits per heavy atom. The topological polar surface area (TPSA) is 175 Å². The van der Waals surface area contributed by atoms with Crippen LogP contribution >= 0.6 is 11.3 Å². The maximum Gasteiger partial charge on any atom is 0.255 e. The maximum absolute atomic E-state index is 13.9. The molecule has 5 rings (SSSR count). The van der Waals surface area contributed by atoms with E-state index in [0.717, 1.165) is 33.7 Å². The van der Waals surface area contributed by atoms with E-state index < -0.39 is 35.9 Å². The predicted octanol–water partition coefficient (Wildman–Crippen LogP) is 2.46. The number of thiazole rings is 1. The van der Waals surface area contributed by atoms with Gasteiger partial charge in [0.25, 0.3) is 5.91 Å². The molecule has 1 aromatic heterocycles. The van der Waals surface area contributed by atoms with Crippen molar-refractivity contribution in [2.75, 3.05) is 59.3 Å². The summed E-state index contributed by atoms with van der Waals surface area (Å²) < 4.78 is 22.7. The summed E-state index contributed by atoms with van der Waals surface area (Å²) >= 11 is 1.53. The number of aromatic nitrogens is 1. The third-order valence-electron chi connectivity index (χ3n) is 9.18. The zero-order valence-electron chi connectivity index (χ0n) is 29.3. The van der Waals surface area contributed by atoms with E-state index in [4.69, 9.17) is 24.7 Å². The molecule has 3 aromatic rings. The standard InChI is InChI=1S/C37H49N5O8S/c1-24(33(36(45)41-35(44)30-8-5-12-39-30)42-22-28-6-3-4-7-29(28)37(42)46)31(43)20-26-9-10-27(34-25(2)40-23-51-34)21-32(26)50-19-18-49-17-16-48-15-14-47-13-11-38/h3-4,6-7,9-10,21,23-24,30-31,33,39,43H,5,8,11-20,22,38H2,1-2H3,(H,41,44,45)/t24?,30-,31?,33?/m0/s1. The van der Waals surface area contributed by atoms with Gasteiger partial charge in [-0.3, -0.25) is 19.7 Å². The second kappa shape index (κ2) is 19.2. The van der Waals surface area contributed by atoms with E-state index >= 15 is 0 Å². The number of carbonyl (C=O) groups is 3. The molecule has 14 heteroatoms. The third kappa shape index (κ3) is 10.2. The van der Waals surface area contributed by atoms with Gasteiger partial charge >= 0.3 is 0 Å². The molecule has 2 aromatic carbocycles. The second-order valence-corrected chi connectivity index (χ2v) is 13.6.